The highest BCUT2D eigenvalue weighted by Crippen LogP contribution is 2.23. The van der Waals surface area contributed by atoms with Gasteiger partial charge in [0, 0.05) is 6.08 Å². The third-order valence-electron chi connectivity index (χ3n) is 6.62. The Hall–Kier alpha value is -4.39. The van der Waals surface area contributed by atoms with Crippen LogP contribution in [-0.4, -0.2) is 31.1 Å². The van der Waals surface area contributed by atoms with Crippen LogP contribution in [0.3, 0.4) is 0 Å². The SMILES string of the molecule is C=CC(=O)OCCCCOc1ccc(C(=O)Oc2ccc(C(=O)Oc3ccc(CCCCCCC)cc3)cc2C)cc1. The van der Waals surface area contributed by atoms with Crippen molar-refractivity contribution < 1.29 is 33.3 Å². The molecule has 0 bridgehead atoms. The van der Waals surface area contributed by atoms with E-state index in [0.29, 0.717) is 60.0 Å². The molecule has 0 radical (unpaired) electrons. The molecule has 0 fully saturated rings. The maximum Gasteiger partial charge on any atom is 0.343 e. The Kier molecular flexibility index (Phi) is 13.3. The molecule has 0 aromatic heterocycles. The van der Waals surface area contributed by atoms with Crippen LogP contribution >= 0.6 is 0 Å². The van der Waals surface area contributed by atoms with Gasteiger partial charge >= 0.3 is 17.9 Å². The van der Waals surface area contributed by atoms with Gasteiger partial charge in [-0.25, -0.2) is 14.4 Å². The second-order valence-electron chi connectivity index (χ2n) is 10.0. The lowest BCUT2D eigenvalue weighted by molar-refractivity contribution is -0.137. The van der Waals surface area contributed by atoms with E-state index in [-0.39, 0.29) is 0 Å². The zero-order valence-electron chi connectivity index (χ0n) is 24.6. The minimum Gasteiger partial charge on any atom is -0.494 e. The summed E-state index contributed by atoms with van der Waals surface area (Å²) in [4.78, 5) is 36.4. The van der Waals surface area contributed by atoms with Crippen LogP contribution in [0.5, 0.6) is 17.2 Å². The standard InChI is InChI=1S/C35H40O7/c1-4-6-7-8-9-12-27-13-18-31(19-14-27)41-35(38)29-17-22-32(26(3)25-29)42-34(37)28-15-20-30(21-16-28)39-23-10-11-24-40-33(36)5-2/h5,13-22,25H,2,4,6-12,23-24H2,1,3H3. The average Bonchev–Trinajstić information content (AvgIpc) is 3.00. The normalized spacial score (nSPS) is 10.5. The fourth-order valence-corrected chi connectivity index (χ4v) is 4.19. The van der Waals surface area contributed by atoms with Gasteiger partial charge in [-0.1, -0.05) is 51.3 Å². The highest BCUT2D eigenvalue weighted by atomic mass is 16.5. The summed E-state index contributed by atoms with van der Waals surface area (Å²) in [5.41, 5.74) is 2.60. The second-order valence-corrected chi connectivity index (χ2v) is 10.0. The lowest BCUT2D eigenvalue weighted by Gasteiger charge is -2.11. The van der Waals surface area contributed by atoms with Crippen molar-refractivity contribution in [2.75, 3.05) is 13.2 Å². The first-order valence-corrected chi connectivity index (χ1v) is 14.6. The number of hydrogen-bond donors (Lipinski definition) is 0. The number of aryl methyl sites for hydroxylation is 2. The number of unbranched alkanes of at least 4 members (excludes halogenated alkanes) is 5. The molecule has 222 valence electrons. The van der Waals surface area contributed by atoms with Crippen molar-refractivity contribution in [1.29, 1.82) is 0 Å². The van der Waals surface area contributed by atoms with Crippen molar-refractivity contribution in [2.24, 2.45) is 0 Å². The number of carbonyl (C=O) groups excluding carboxylic acids is 3. The van der Waals surface area contributed by atoms with Gasteiger partial charge in [0.25, 0.3) is 0 Å². The molecule has 0 amide bonds. The van der Waals surface area contributed by atoms with Gasteiger partial charge in [0.05, 0.1) is 24.3 Å². The van der Waals surface area contributed by atoms with Gasteiger partial charge in [0.15, 0.2) is 0 Å². The largest absolute Gasteiger partial charge is 0.494 e. The molecule has 0 saturated carbocycles. The molecule has 0 spiro atoms. The van der Waals surface area contributed by atoms with Crippen LogP contribution in [0.15, 0.2) is 79.4 Å². The molecular weight excluding hydrogens is 532 g/mol. The summed E-state index contributed by atoms with van der Waals surface area (Å²) in [7, 11) is 0. The summed E-state index contributed by atoms with van der Waals surface area (Å²) in [5, 5.41) is 0. The number of benzene rings is 3. The summed E-state index contributed by atoms with van der Waals surface area (Å²) in [5.74, 6) is 0.0328. The van der Waals surface area contributed by atoms with Crippen LogP contribution in [0.2, 0.25) is 0 Å². The number of hydrogen-bond acceptors (Lipinski definition) is 7. The van der Waals surface area contributed by atoms with E-state index in [1.165, 1.54) is 31.2 Å². The van der Waals surface area contributed by atoms with Gasteiger partial charge in [0.2, 0.25) is 0 Å². The van der Waals surface area contributed by atoms with Crippen LogP contribution in [0.1, 0.15) is 83.7 Å². The molecule has 42 heavy (non-hydrogen) atoms. The molecule has 0 atom stereocenters. The highest BCUT2D eigenvalue weighted by Gasteiger charge is 2.14. The van der Waals surface area contributed by atoms with Crippen molar-refractivity contribution in [3.63, 3.8) is 0 Å². The Balaban J connectivity index is 1.45. The van der Waals surface area contributed by atoms with E-state index in [1.54, 1.807) is 49.4 Å². The fraction of sp³-hybridized carbons (Fsp3) is 0.343. The highest BCUT2D eigenvalue weighted by molar-refractivity contribution is 5.93. The molecule has 7 nitrogen and oxygen atoms in total. The number of rotatable bonds is 17. The van der Waals surface area contributed by atoms with Gasteiger partial charge in [-0.05, 0) is 98.3 Å². The lowest BCUT2D eigenvalue weighted by Crippen LogP contribution is -2.11. The summed E-state index contributed by atoms with van der Waals surface area (Å²) < 4.78 is 21.7. The quantitative estimate of drug-likeness (QED) is 0.0705. The molecule has 0 N–H and O–H groups in total. The minimum atomic E-state index is -0.519. The van der Waals surface area contributed by atoms with E-state index in [0.717, 1.165) is 18.9 Å². The second kappa shape index (κ2) is 17.4. The molecular formula is C35H40O7. The van der Waals surface area contributed by atoms with E-state index >= 15 is 0 Å². The maximum absolute atomic E-state index is 12.7. The van der Waals surface area contributed by atoms with Crippen LogP contribution < -0.4 is 14.2 Å². The molecule has 0 aliphatic heterocycles. The minimum absolute atomic E-state index is 0.313. The first kappa shape index (κ1) is 32.1. The molecule has 0 unspecified atom stereocenters. The molecule has 3 rings (SSSR count). The smallest absolute Gasteiger partial charge is 0.343 e. The third kappa shape index (κ3) is 10.9. The van der Waals surface area contributed by atoms with Crippen LogP contribution in [0.4, 0.5) is 0 Å². The summed E-state index contributed by atoms with van der Waals surface area (Å²) in [6, 6.07) is 19.1. The van der Waals surface area contributed by atoms with E-state index < -0.39 is 17.9 Å². The van der Waals surface area contributed by atoms with Gasteiger partial charge in [-0.15, -0.1) is 0 Å². The summed E-state index contributed by atoms with van der Waals surface area (Å²) >= 11 is 0. The molecule has 0 aliphatic rings. The average molecular weight is 573 g/mol. The van der Waals surface area contributed by atoms with Gasteiger partial charge in [-0.2, -0.15) is 0 Å². The van der Waals surface area contributed by atoms with Crippen molar-refractivity contribution in [1.82, 2.24) is 0 Å². The Labute approximate surface area is 248 Å². The van der Waals surface area contributed by atoms with Crippen LogP contribution in [0.25, 0.3) is 0 Å². The van der Waals surface area contributed by atoms with Crippen molar-refractivity contribution in [2.45, 2.75) is 65.2 Å². The zero-order chi connectivity index (χ0) is 30.2. The Morgan fingerprint density at radius 2 is 1.36 bits per heavy atom. The molecule has 3 aromatic rings. The topological polar surface area (TPSA) is 88.1 Å². The van der Waals surface area contributed by atoms with Crippen molar-refractivity contribution in [3.05, 3.63) is 102 Å². The van der Waals surface area contributed by atoms with E-state index in [4.69, 9.17) is 18.9 Å². The Morgan fingerprint density at radius 3 is 2.05 bits per heavy atom. The van der Waals surface area contributed by atoms with Crippen LogP contribution in [-0.2, 0) is 16.0 Å². The molecule has 0 saturated heterocycles. The monoisotopic (exact) mass is 572 g/mol. The molecule has 0 heterocycles. The third-order valence-corrected chi connectivity index (χ3v) is 6.62. The number of esters is 3. The Morgan fingerprint density at radius 1 is 0.714 bits per heavy atom. The first-order valence-electron chi connectivity index (χ1n) is 14.6. The Bertz CT molecular complexity index is 1310. The molecule has 3 aromatic carbocycles. The fourth-order valence-electron chi connectivity index (χ4n) is 4.19. The number of ether oxygens (including phenoxy) is 4. The van der Waals surface area contributed by atoms with Crippen molar-refractivity contribution >= 4 is 17.9 Å². The summed E-state index contributed by atoms with van der Waals surface area (Å²) in [6.07, 6.45) is 9.72. The maximum atomic E-state index is 12.7. The van der Waals surface area contributed by atoms with E-state index in [2.05, 4.69) is 13.5 Å². The zero-order valence-corrected chi connectivity index (χ0v) is 24.6. The number of carbonyl (C=O) groups is 3. The molecule has 7 heteroatoms. The predicted octanol–water partition coefficient (Wildman–Crippen LogP) is 7.83. The predicted molar refractivity (Wildman–Crippen MR) is 162 cm³/mol. The van der Waals surface area contributed by atoms with Gasteiger partial charge in [-0.3, -0.25) is 0 Å². The van der Waals surface area contributed by atoms with Gasteiger partial charge < -0.3 is 18.9 Å². The lowest BCUT2D eigenvalue weighted by atomic mass is 10.1. The van der Waals surface area contributed by atoms with Crippen LogP contribution in [0, 0.1) is 6.92 Å². The molecule has 0 aliphatic carbocycles. The van der Waals surface area contributed by atoms with Crippen molar-refractivity contribution in [3.8, 4) is 17.2 Å². The van der Waals surface area contributed by atoms with E-state index in [9.17, 15) is 14.4 Å². The van der Waals surface area contributed by atoms with Gasteiger partial charge in [0.1, 0.15) is 17.2 Å². The summed E-state index contributed by atoms with van der Waals surface area (Å²) in [6.45, 7) is 8.09. The first-order chi connectivity index (χ1) is 20.4. The van der Waals surface area contributed by atoms with E-state index in [1.807, 2.05) is 24.3 Å².